The summed E-state index contributed by atoms with van der Waals surface area (Å²) in [6, 6.07) is 1.72. The highest BCUT2D eigenvalue weighted by Gasteiger charge is 2.10. The lowest BCUT2D eigenvalue weighted by atomic mass is 10.3. The van der Waals surface area contributed by atoms with E-state index in [0.717, 1.165) is 0 Å². The van der Waals surface area contributed by atoms with Crippen molar-refractivity contribution in [3.8, 4) is 5.75 Å². The Morgan fingerprint density at radius 2 is 2.31 bits per heavy atom. The number of amides is 1. The molecule has 0 aliphatic carbocycles. The molecular formula is C9H12N2O2. The minimum atomic E-state index is -0.0497. The van der Waals surface area contributed by atoms with Crippen LogP contribution < -0.4 is 9.64 Å². The molecule has 0 fully saturated rings. The Bertz CT molecular complexity index is 312. The Hall–Kier alpha value is -1.58. The summed E-state index contributed by atoms with van der Waals surface area (Å²) in [7, 11) is 3.24. The van der Waals surface area contributed by atoms with E-state index in [9.17, 15) is 4.79 Å². The topological polar surface area (TPSA) is 42.4 Å². The fourth-order valence-electron chi connectivity index (χ4n) is 0.967. The van der Waals surface area contributed by atoms with Crippen LogP contribution in [0.25, 0.3) is 0 Å². The van der Waals surface area contributed by atoms with Gasteiger partial charge in [0, 0.05) is 26.2 Å². The van der Waals surface area contributed by atoms with Gasteiger partial charge in [-0.2, -0.15) is 0 Å². The third kappa shape index (κ3) is 1.96. The van der Waals surface area contributed by atoms with Gasteiger partial charge in [-0.25, -0.2) is 0 Å². The second kappa shape index (κ2) is 3.89. The molecule has 0 saturated heterocycles. The smallest absolute Gasteiger partial charge is 0.223 e. The van der Waals surface area contributed by atoms with E-state index < -0.39 is 0 Å². The van der Waals surface area contributed by atoms with Crippen LogP contribution in [0, 0.1) is 0 Å². The van der Waals surface area contributed by atoms with Crippen LogP contribution >= 0.6 is 0 Å². The van der Waals surface area contributed by atoms with Crippen molar-refractivity contribution in [1.29, 1.82) is 0 Å². The quantitative estimate of drug-likeness (QED) is 0.683. The highest BCUT2D eigenvalue weighted by atomic mass is 16.5. The number of anilines is 1. The van der Waals surface area contributed by atoms with Crippen LogP contribution in [0.4, 0.5) is 5.69 Å². The summed E-state index contributed by atoms with van der Waals surface area (Å²) in [5.41, 5.74) is 0.678. The predicted octanol–water partition coefficient (Wildman–Crippen LogP) is 1.07. The highest BCUT2D eigenvalue weighted by molar-refractivity contribution is 5.92. The second-order valence-electron chi connectivity index (χ2n) is 2.63. The average molecular weight is 180 g/mol. The molecule has 0 unspecified atom stereocenters. The van der Waals surface area contributed by atoms with Crippen molar-refractivity contribution in [2.24, 2.45) is 0 Å². The molecule has 1 aromatic heterocycles. The van der Waals surface area contributed by atoms with Gasteiger partial charge in [0.25, 0.3) is 0 Å². The number of rotatable bonds is 2. The number of carbonyl (C=O) groups is 1. The van der Waals surface area contributed by atoms with Crippen LogP contribution in [-0.4, -0.2) is 25.0 Å². The van der Waals surface area contributed by atoms with E-state index in [1.165, 1.54) is 11.8 Å². The maximum atomic E-state index is 11.1. The number of pyridine rings is 1. The average Bonchev–Trinajstić information content (AvgIpc) is 2.16. The molecule has 13 heavy (non-hydrogen) atoms. The maximum absolute atomic E-state index is 11.1. The molecule has 0 spiro atoms. The maximum Gasteiger partial charge on any atom is 0.223 e. The monoisotopic (exact) mass is 180 g/mol. The third-order valence-electron chi connectivity index (χ3n) is 1.81. The zero-order chi connectivity index (χ0) is 9.84. The molecule has 4 heteroatoms. The van der Waals surface area contributed by atoms with Gasteiger partial charge in [0.15, 0.2) is 0 Å². The molecule has 0 aliphatic rings. The minimum absolute atomic E-state index is 0.0497. The first kappa shape index (κ1) is 9.51. The molecule has 0 saturated carbocycles. The molecule has 0 N–H and O–H groups in total. The fraction of sp³-hybridized carbons (Fsp3) is 0.333. The lowest BCUT2D eigenvalue weighted by molar-refractivity contribution is -0.116. The van der Waals surface area contributed by atoms with Gasteiger partial charge in [0.2, 0.25) is 5.91 Å². The zero-order valence-corrected chi connectivity index (χ0v) is 7.94. The first-order valence-electron chi connectivity index (χ1n) is 3.89. The molecule has 1 aromatic rings. The SMILES string of the molecule is COc1ccncc1N(C)C(C)=O. The molecule has 0 aromatic carbocycles. The Morgan fingerprint density at radius 3 is 2.85 bits per heavy atom. The Morgan fingerprint density at radius 1 is 1.62 bits per heavy atom. The van der Waals surface area contributed by atoms with Gasteiger partial charge in [0.1, 0.15) is 11.4 Å². The van der Waals surface area contributed by atoms with E-state index in [0.29, 0.717) is 11.4 Å². The van der Waals surface area contributed by atoms with Crippen LogP contribution in [0.3, 0.4) is 0 Å². The Labute approximate surface area is 77.1 Å². The van der Waals surface area contributed by atoms with E-state index in [-0.39, 0.29) is 5.91 Å². The van der Waals surface area contributed by atoms with Crippen LogP contribution in [0.5, 0.6) is 5.75 Å². The molecule has 1 amide bonds. The van der Waals surface area contributed by atoms with Gasteiger partial charge in [-0.05, 0) is 0 Å². The molecule has 70 valence electrons. The van der Waals surface area contributed by atoms with Gasteiger partial charge < -0.3 is 9.64 Å². The number of carbonyl (C=O) groups excluding carboxylic acids is 1. The Balaban J connectivity index is 3.05. The van der Waals surface area contributed by atoms with Crippen molar-refractivity contribution in [1.82, 2.24) is 4.98 Å². The van der Waals surface area contributed by atoms with Crippen molar-refractivity contribution in [2.75, 3.05) is 19.1 Å². The van der Waals surface area contributed by atoms with Crippen LogP contribution in [0.15, 0.2) is 18.5 Å². The second-order valence-corrected chi connectivity index (χ2v) is 2.63. The summed E-state index contributed by atoms with van der Waals surface area (Å²) >= 11 is 0. The van der Waals surface area contributed by atoms with E-state index in [4.69, 9.17) is 4.74 Å². The number of ether oxygens (including phenoxy) is 1. The van der Waals surface area contributed by atoms with Crippen molar-refractivity contribution < 1.29 is 9.53 Å². The van der Waals surface area contributed by atoms with Crippen LogP contribution in [0.2, 0.25) is 0 Å². The summed E-state index contributed by atoms with van der Waals surface area (Å²) in [6.45, 7) is 1.49. The van der Waals surface area contributed by atoms with Crippen molar-refractivity contribution in [2.45, 2.75) is 6.92 Å². The van der Waals surface area contributed by atoms with Crippen molar-refractivity contribution in [3.63, 3.8) is 0 Å². The lowest BCUT2D eigenvalue weighted by Crippen LogP contribution is -2.23. The number of nitrogens with zero attached hydrogens (tertiary/aromatic N) is 2. The van der Waals surface area contributed by atoms with Crippen LogP contribution in [-0.2, 0) is 4.79 Å². The minimum Gasteiger partial charge on any atom is -0.494 e. The lowest BCUT2D eigenvalue weighted by Gasteiger charge is -2.16. The number of hydrogen-bond donors (Lipinski definition) is 0. The molecule has 1 rings (SSSR count). The largest absolute Gasteiger partial charge is 0.494 e. The number of aromatic nitrogens is 1. The summed E-state index contributed by atoms with van der Waals surface area (Å²) < 4.78 is 5.08. The van der Waals surface area contributed by atoms with E-state index in [2.05, 4.69) is 4.98 Å². The van der Waals surface area contributed by atoms with Crippen molar-refractivity contribution in [3.05, 3.63) is 18.5 Å². The summed E-state index contributed by atoms with van der Waals surface area (Å²) in [4.78, 5) is 16.5. The summed E-state index contributed by atoms with van der Waals surface area (Å²) in [6.07, 6.45) is 3.22. The van der Waals surface area contributed by atoms with Gasteiger partial charge in [-0.15, -0.1) is 0 Å². The van der Waals surface area contributed by atoms with E-state index in [1.54, 1.807) is 32.6 Å². The van der Waals surface area contributed by atoms with Gasteiger partial charge in [0.05, 0.1) is 13.3 Å². The molecule has 0 aliphatic heterocycles. The van der Waals surface area contributed by atoms with E-state index in [1.807, 2.05) is 0 Å². The fourth-order valence-corrected chi connectivity index (χ4v) is 0.967. The third-order valence-corrected chi connectivity index (χ3v) is 1.81. The summed E-state index contributed by atoms with van der Waals surface area (Å²) in [5, 5.41) is 0. The predicted molar refractivity (Wildman–Crippen MR) is 49.9 cm³/mol. The first-order valence-corrected chi connectivity index (χ1v) is 3.89. The standard InChI is InChI=1S/C9H12N2O2/c1-7(12)11(2)8-6-10-5-4-9(8)13-3/h4-6H,1-3H3. The van der Waals surface area contributed by atoms with Crippen molar-refractivity contribution >= 4 is 11.6 Å². The van der Waals surface area contributed by atoms with E-state index >= 15 is 0 Å². The molecule has 1 heterocycles. The normalized spacial score (nSPS) is 9.46. The summed E-state index contributed by atoms with van der Waals surface area (Å²) in [5.74, 6) is 0.596. The van der Waals surface area contributed by atoms with Gasteiger partial charge in [-0.3, -0.25) is 9.78 Å². The van der Waals surface area contributed by atoms with Gasteiger partial charge in [-0.1, -0.05) is 0 Å². The molecule has 0 bridgehead atoms. The molecule has 4 nitrogen and oxygen atoms in total. The molecule has 0 atom stereocenters. The molecule has 0 radical (unpaired) electrons. The Kier molecular flexibility index (Phi) is 2.84. The first-order chi connectivity index (χ1) is 6.16. The number of methoxy groups -OCH3 is 1. The zero-order valence-electron chi connectivity index (χ0n) is 7.94. The number of hydrogen-bond acceptors (Lipinski definition) is 3. The molecular weight excluding hydrogens is 168 g/mol. The highest BCUT2D eigenvalue weighted by Crippen LogP contribution is 2.25. The van der Waals surface area contributed by atoms with Gasteiger partial charge >= 0.3 is 0 Å². The van der Waals surface area contributed by atoms with Crippen LogP contribution in [0.1, 0.15) is 6.92 Å².